The van der Waals surface area contributed by atoms with Crippen molar-refractivity contribution < 1.29 is 13.2 Å². The number of primary amides is 1. The monoisotopic (exact) mass is 447 g/mol. The highest BCUT2D eigenvalue weighted by atomic mass is 35.5. The Morgan fingerprint density at radius 2 is 1.93 bits per heavy atom. The maximum atomic E-state index is 13.0. The van der Waals surface area contributed by atoms with Gasteiger partial charge in [-0.2, -0.15) is 4.31 Å². The number of nitrogens with two attached hydrogens (primary N) is 1. The minimum Gasteiger partial charge on any atom is -0.369 e. The van der Waals surface area contributed by atoms with E-state index < -0.39 is 15.9 Å². The van der Waals surface area contributed by atoms with Crippen molar-refractivity contribution in [1.82, 2.24) is 9.29 Å². The number of aromatic nitrogens is 1. The van der Waals surface area contributed by atoms with Crippen molar-refractivity contribution in [3.05, 3.63) is 69.3 Å². The second kappa shape index (κ2) is 7.53. The Labute approximate surface area is 178 Å². The number of nitrogens with zero attached hydrogens (tertiary/aromatic N) is 2. The molecular weight excluding hydrogens is 430 g/mol. The molecule has 0 aliphatic carbocycles. The van der Waals surface area contributed by atoms with Crippen LogP contribution in [0, 0.1) is 6.92 Å². The van der Waals surface area contributed by atoms with Crippen molar-refractivity contribution in [3.63, 3.8) is 0 Å². The van der Waals surface area contributed by atoms with Crippen molar-refractivity contribution in [1.29, 1.82) is 0 Å². The van der Waals surface area contributed by atoms with E-state index >= 15 is 0 Å². The first-order valence-electron chi connectivity index (χ1n) is 8.87. The van der Waals surface area contributed by atoms with Crippen LogP contribution in [0.1, 0.15) is 21.8 Å². The quantitative estimate of drug-likeness (QED) is 0.647. The Kier molecular flexibility index (Phi) is 5.20. The van der Waals surface area contributed by atoms with Gasteiger partial charge >= 0.3 is 0 Å². The van der Waals surface area contributed by atoms with Gasteiger partial charge in [-0.25, -0.2) is 13.4 Å². The molecule has 2 heterocycles. The predicted molar refractivity (Wildman–Crippen MR) is 113 cm³/mol. The highest BCUT2D eigenvalue weighted by Crippen LogP contribution is 2.36. The summed E-state index contributed by atoms with van der Waals surface area (Å²) in [5.41, 5.74) is 8.95. The molecule has 29 heavy (non-hydrogen) atoms. The summed E-state index contributed by atoms with van der Waals surface area (Å²) in [4.78, 5) is 16.7. The summed E-state index contributed by atoms with van der Waals surface area (Å²) in [5, 5.41) is 0.889. The van der Waals surface area contributed by atoms with Crippen LogP contribution in [0.2, 0.25) is 5.02 Å². The molecule has 0 atom stereocenters. The van der Waals surface area contributed by atoms with Gasteiger partial charge in [-0.15, -0.1) is 11.3 Å². The van der Waals surface area contributed by atoms with Crippen LogP contribution in [-0.2, 0) is 34.3 Å². The summed E-state index contributed by atoms with van der Waals surface area (Å²) in [6.45, 7) is 2.47. The number of hydrogen-bond donors (Lipinski definition) is 1. The van der Waals surface area contributed by atoms with E-state index in [4.69, 9.17) is 17.3 Å². The Balaban J connectivity index is 1.63. The third-order valence-corrected chi connectivity index (χ3v) is 8.28. The van der Waals surface area contributed by atoms with Gasteiger partial charge in [0.1, 0.15) is 9.90 Å². The molecule has 0 spiro atoms. The summed E-state index contributed by atoms with van der Waals surface area (Å²) >= 11 is 7.55. The number of sulfonamides is 1. The average molecular weight is 448 g/mol. The summed E-state index contributed by atoms with van der Waals surface area (Å²) < 4.78 is 27.5. The zero-order valence-corrected chi connectivity index (χ0v) is 17.9. The van der Waals surface area contributed by atoms with E-state index in [0.29, 0.717) is 11.6 Å². The van der Waals surface area contributed by atoms with Crippen molar-refractivity contribution in [2.24, 2.45) is 5.73 Å². The summed E-state index contributed by atoms with van der Waals surface area (Å²) in [6, 6.07) is 12.4. The number of aryl methyl sites for hydroxylation is 1. The number of thiazole rings is 1. The van der Waals surface area contributed by atoms with E-state index in [2.05, 4.69) is 4.98 Å². The molecule has 4 rings (SSSR count). The summed E-state index contributed by atoms with van der Waals surface area (Å²) in [5.74, 6) is -0.417. The van der Waals surface area contributed by atoms with E-state index in [1.54, 1.807) is 18.2 Å². The third-order valence-electron chi connectivity index (χ3n) is 4.78. The molecule has 2 N–H and O–H groups in total. The van der Waals surface area contributed by atoms with Gasteiger partial charge in [0.25, 0.3) is 0 Å². The molecule has 0 saturated carbocycles. The smallest absolute Gasteiger partial charge is 0.245 e. The van der Waals surface area contributed by atoms with Gasteiger partial charge in [0.15, 0.2) is 0 Å². The Morgan fingerprint density at radius 1 is 1.21 bits per heavy atom. The number of carbonyl (C=O) groups is 1. The van der Waals surface area contributed by atoms with Gasteiger partial charge in [-0.05, 0) is 41.8 Å². The molecule has 1 aromatic heterocycles. The van der Waals surface area contributed by atoms with Crippen molar-refractivity contribution in [2.75, 3.05) is 0 Å². The van der Waals surface area contributed by atoms with Gasteiger partial charge in [0.2, 0.25) is 15.9 Å². The fraction of sp³-hybridized carbons (Fsp3) is 0.200. The predicted octanol–water partition coefficient (Wildman–Crippen LogP) is 3.50. The highest BCUT2D eigenvalue weighted by Gasteiger charge is 2.32. The van der Waals surface area contributed by atoms with Crippen LogP contribution < -0.4 is 5.73 Å². The molecule has 1 aliphatic rings. The maximum Gasteiger partial charge on any atom is 0.245 e. The van der Waals surface area contributed by atoms with E-state index in [-0.39, 0.29) is 22.9 Å². The largest absolute Gasteiger partial charge is 0.369 e. The van der Waals surface area contributed by atoms with Crippen LogP contribution in [-0.4, -0.2) is 23.6 Å². The first kappa shape index (κ1) is 20.0. The third kappa shape index (κ3) is 3.81. The topological polar surface area (TPSA) is 93.4 Å². The summed E-state index contributed by atoms with van der Waals surface area (Å²) in [7, 11) is -3.69. The number of amides is 1. The Morgan fingerprint density at radius 3 is 2.66 bits per heavy atom. The number of carbonyl (C=O) groups excluding carboxylic acids is 1. The van der Waals surface area contributed by atoms with Crippen molar-refractivity contribution in [3.8, 4) is 10.4 Å². The normalized spacial score (nSPS) is 14.1. The molecule has 1 amide bonds. The van der Waals surface area contributed by atoms with Crippen LogP contribution in [0.3, 0.4) is 0 Å². The minimum atomic E-state index is -3.69. The molecule has 0 fully saturated rings. The molecule has 1 aliphatic heterocycles. The Hall–Kier alpha value is -2.26. The lowest BCUT2D eigenvalue weighted by Crippen LogP contribution is -2.25. The zero-order valence-electron chi connectivity index (χ0n) is 15.6. The van der Waals surface area contributed by atoms with E-state index in [0.717, 1.165) is 27.3 Å². The molecule has 0 radical (unpaired) electrons. The van der Waals surface area contributed by atoms with E-state index in [9.17, 15) is 13.2 Å². The molecule has 0 saturated heterocycles. The van der Waals surface area contributed by atoms with Crippen LogP contribution in [0.4, 0.5) is 0 Å². The van der Waals surface area contributed by atoms with E-state index in [1.165, 1.54) is 21.7 Å². The number of benzene rings is 2. The van der Waals surface area contributed by atoms with Crippen molar-refractivity contribution in [2.45, 2.75) is 31.3 Å². The number of halogens is 1. The molecule has 0 unspecified atom stereocenters. The second-order valence-corrected chi connectivity index (χ2v) is 10.2. The fourth-order valence-corrected chi connectivity index (χ4v) is 6.37. The molecular formula is C20H18ClN3O3S2. The van der Waals surface area contributed by atoms with Gasteiger partial charge < -0.3 is 5.73 Å². The molecule has 150 valence electrons. The van der Waals surface area contributed by atoms with Crippen LogP contribution >= 0.6 is 22.9 Å². The van der Waals surface area contributed by atoms with Gasteiger partial charge in [0, 0.05) is 13.1 Å². The molecule has 0 bridgehead atoms. The molecule has 2 aromatic carbocycles. The number of fused-ring (bicyclic) bond motifs is 1. The lowest BCUT2D eigenvalue weighted by atomic mass is 10.0. The molecule has 3 aromatic rings. The van der Waals surface area contributed by atoms with Gasteiger partial charge in [-0.3, -0.25) is 4.79 Å². The molecule has 9 heteroatoms. The van der Waals surface area contributed by atoms with Gasteiger partial charge in [0.05, 0.1) is 22.0 Å². The molecule has 6 nitrogen and oxygen atoms in total. The van der Waals surface area contributed by atoms with Gasteiger partial charge in [-0.1, -0.05) is 35.9 Å². The van der Waals surface area contributed by atoms with Crippen LogP contribution in [0.15, 0.2) is 47.4 Å². The highest BCUT2D eigenvalue weighted by molar-refractivity contribution is 7.89. The number of hydrogen-bond acceptors (Lipinski definition) is 5. The average Bonchev–Trinajstić information content (AvgIpc) is 3.24. The van der Waals surface area contributed by atoms with E-state index in [1.807, 2.05) is 25.1 Å². The SMILES string of the molecule is Cc1nc(CC(N)=O)sc1-c1ccc2c(c1)CN(S(=O)(=O)c1ccccc1Cl)C2. The first-order chi connectivity index (χ1) is 13.8. The maximum absolute atomic E-state index is 13.0. The standard InChI is InChI=1S/C20H18ClN3O3S2/c1-12-20(28-19(23-12)9-18(22)25)13-6-7-14-10-24(11-15(14)8-13)29(26,27)17-5-3-2-4-16(17)21/h2-8H,9-11H2,1H3,(H2,22,25). The zero-order chi connectivity index (χ0) is 20.8. The number of rotatable bonds is 5. The van der Waals surface area contributed by atoms with Crippen molar-refractivity contribution >= 4 is 38.9 Å². The first-order valence-corrected chi connectivity index (χ1v) is 11.5. The second-order valence-electron chi connectivity index (χ2n) is 6.85. The lowest BCUT2D eigenvalue weighted by Gasteiger charge is -2.16. The Bertz CT molecular complexity index is 1220. The summed E-state index contributed by atoms with van der Waals surface area (Å²) in [6.07, 6.45) is 0.111. The van der Waals surface area contributed by atoms with Crippen LogP contribution in [0.25, 0.3) is 10.4 Å². The fourth-order valence-electron chi connectivity index (χ4n) is 3.41. The van der Waals surface area contributed by atoms with Crippen LogP contribution in [0.5, 0.6) is 0 Å². The minimum absolute atomic E-state index is 0.111. The lowest BCUT2D eigenvalue weighted by molar-refractivity contribution is -0.117.